The van der Waals surface area contributed by atoms with Crippen molar-refractivity contribution >= 4 is 23.0 Å². The molecule has 1 amide bonds. The zero-order chi connectivity index (χ0) is 24.4. The molecule has 4 rings (SSSR count). The summed E-state index contributed by atoms with van der Waals surface area (Å²) in [6, 6.07) is 9.49. The number of aliphatic hydroxyl groups excluding tert-OH is 1. The van der Waals surface area contributed by atoms with Crippen LogP contribution in [0.15, 0.2) is 46.5 Å². The molecule has 2 aromatic heterocycles. The van der Waals surface area contributed by atoms with E-state index in [0.717, 1.165) is 27.3 Å². The maximum atomic E-state index is 13.5. The maximum Gasteiger partial charge on any atom is 0.234 e. The number of carbonyl (C=O) groups is 2. The Morgan fingerprint density at radius 1 is 1.24 bits per heavy atom. The molecule has 3 aromatic rings. The zero-order valence-electron chi connectivity index (χ0n) is 20.2. The van der Waals surface area contributed by atoms with Crippen molar-refractivity contribution in [2.24, 2.45) is 5.92 Å². The fourth-order valence-electron chi connectivity index (χ4n) is 4.73. The van der Waals surface area contributed by atoms with Crippen LogP contribution < -0.4 is 0 Å². The van der Waals surface area contributed by atoms with Gasteiger partial charge in [-0.15, -0.1) is 11.3 Å². The Morgan fingerprint density at radius 3 is 2.56 bits per heavy atom. The van der Waals surface area contributed by atoms with Gasteiger partial charge in [0.25, 0.3) is 0 Å². The molecule has 0 radical (unpaired) electrons. The van der Waals surface area contributed by atoms with Gasteiger partial charge in [-0.25, -0.2) is 4.98 Å². The number of hydrogen-bond acceptors (Lipinski definition) is 6. The second kappa shape index (κ2) is 10.2. The molecule has 1 fully saturated rings. The fourth-order valence-corrected chi connectivity index (χ4v) is 5.54. The van der Waals surface area contributed by atoms with E-state index in [1.807, 2.05) is 51.4 Å². The molecule has 1 aliphatic heterocycles. The van der Waals surface area contributed by atoms with E-state index in [0.29, 0.717) is 18.6 Å². The Labute approximate surface area is 204 Å². The highest BCUT2D eigenvalue weighted by Gasteiger charge is 2.42. The smallest absolute Gasteiger partial charge is 0.234 e. The van der Waals surface area contributed by atoms with Gasteiger partial charge in [0.05, 0.1) is 40.4 Å². The van der Waals surface area contributed by atoms with Gasteiger partial charge in [-0.05, 0) is 48.9 Å². The standard InChI is InChI=1S/C27H32N2O4S/c1-16(2)25(24-11-17(3)14-33-24)27(32)29-13-21(30)12-22(29)23(31)10-7-19-5-8-20(9-6-19)26-18(4)28-15-34-26/h5-6,8-9,11,14-16,21-22,25,30H,7,10,12-13H2,1-4H3/t21-,22+,25-/m1/s1. The number of hydrogen-bond donors (Lipinski definition) is 1. The van der Waals surface area contributed by atoms with E-state index in [1.165, 1.54) is 0 Å². The van der Waals surface area contributed by atoms with Crippen molar-refractivity contribution in [3.63, 3.8) is 0 Å². The molecule has 0 aliphatic carbocycles. The summed E-state index contributed by atoms with van der Waals surface area (Å²) in [7, 11) is 0. The minimum absolute atomic E-state index is 0.00671. The molecule has 1 aliphatic rings. The number of aryl methyl sites for hydroxylation is 3. The van der Waals surface area contributed by atoms with Crippen LogP contribution in [-0.4, -0.2) is 45.4 Å². The number of ketones is 1. The van der Waals surface area contributed by atoms with Crippen LogP contribution in [0.25, 0.3) is 10.4 Å². The Hall–Kier alpha value is -2.77. The fraction of sp³-hybridized carbons (Fsp3) is 0.444. The predicted molar refractivity (Wildman–Crippen MR) is 133 cm³/mol. The van der Waals surface area contributed by atoms with E-state index in [9.17, 15) is 14.7 Å². The lowest BCUT2D eigenvalue weighted by Crippen LogP contribution is -2.44. The molecular weight excluding hydrogens is 448 g/mol. The lowest BCUT2D eigenvalue weighted by molar-refractivity contribution is -0.140. The van der Waals surface area contributed by atoms with Gasteiger partial charge >= 0.3 is 0 Å². The van der Waals surface area contributed by atoms with Gasteiger partial charge in [0.1, 0.15) is 5.76 Å². The lowest BCUT2D eigenvalue weighted by Gasteiger charge is -2.29. The number of likely N-dealkylation sites (tertiary alicyclic amines) is 1. The lowest BCUT2D eigenvalue weighted by atomic mass is 9.91. The van der Waals surface area contributed by atoms with Gasteiger partial charge in [-0.3, -0.25) is 9.59 Å². The Balaban J connectivity index is 1.43. The molecule has 1 aromatic carbocycles. The summed E-state index contributed by atoms with van der Waals surface area (Å²) >= 11 is 1.62. The average Bonchev–Trinajstić information content (AvgIpc) is 3.52. The predicted octanol–water partition coefficient (Wildman–Crippen LogP) is 4.92. The largest absolute Gasteiger partial charge is 0.468 e. The molecule has 7 heteroatoms. The quantitative estimate of drug-likeness (QED) is 0.495. The van der Waals surface area contributed by atoms with E-state index < -0.39 is 18.1 Å². The number of aromatic nitrogens is 1. The Bertz CT molecular complexity index is 1150. The van der Waals surface area contributed by atoms with Crippen LogP contribution in [0, 0.1) is 19.8 Å². The van der Waals surface area contributed by atoms with Gasteiger partial charge in [0, 0.05) is 19.4 Å². The van der Waals surface area contributed by atoms with Gasteiger partial charge < -0.3 is 14.4 Å². The molecule has 1 N–H and O–H groups in total. The number of β-amino-alcohol motifs (C(OH)–C–C–N with tert-alkyl or cyclic N) is 1. The van der Waals surface area contributed by atoms with Crippen LogP contribution in [-0.2, 0) is 16.0 Å². The highest BCUT2D eigenvalue weighted by molar-refractivity contribution is 7.13. The first kappa shape index (κ1) is 24.4. The van der Waals surface area contributed by atoms with Crippen molar-refractivity contribution in [1.29, 1.82) is 0 Å². The first-order valence-corrected chi connectivity index (χ1v) is 12.7. The Kier molecular flexibility index (Phi) is 7.33. The highest BCUT2D eigenvalue weighted by Crippen LogP contribution is 2.32. The zero-order valence-corrected chi connectivity index (χ0v) is 21.0. The summed E-state index contributed by atoms with van der Waals surface area (Å²) in [5, 5.41) is 10.3. The van der Waals surface area contributed by atoms with Crippen LogP contribution >= 0.6 is 11.3 Å². The third kappa shape index (κ3) is 5.15. The number of Topliss-reactive ketones (excluding diaryl/α,β-unsaturated/α-hetero) is 1. The third-order valence-corrected chi connectivity index (χ3v) is 7.52. The summed E-state index contributed by atoms with van der Waals surface area (Å²) in [5.74, 6) is -0.0143. The molecule has 180 valence electrons. The summed E-state index contributed by atoms with van der Waals surface area (Å²) in [6.07, 6.45) is 2.16. The number of benzene rings is 1. The summed E-state index contributed by atoms with van der Waals surface area (Å²) in [5.41, 5.74) is 6.01. The summed E-state index contributed by atoms with van der Waals surface area (Å²) in [4.78, 5) is 33.7. The number of carbonyl (C=O) groups excluding carboxylic acids is 2. The van der Waals surface area contributed by atoms with Crippen LogP contribution in [0.2, 0.25) is 0 Å². The van der Waals surface area contributed by atoms with Gasteiger partial charge in [0.15, 0.2) is 5.78 Å². The van der Waals surface area contributed by atoms with Crippen LogP contribution in [0.3, 0.4) is 0 Å². The topological polar surface area (TPSA) is 83.6 Å². The van der Waals surface area contributed by atoms with Gasteiger partial charge in [-0.1, -0.05) is 38.1 Å². The van der Waals surface area contributed by atoms with Crippen LogP contribution in [0.4, 0.5) is 0 Å². The maximum absolute atomic E-state index is 13.5. The molecule has 0 bridgehead atoms. The van der Waals surface area contributed by atoms with E-state index in [2.05, 4.69) is 17.1 Å². The minimum Gasteiger partial charge on any atom is -0.468 e. The third-order valence-electron chi connectivity index (χ3n) is 6.55. The second-order valence-electron chi connectivity index (χ2n) is 9.57. The molecule has 6 nitrogen and oxygen atoms in total. The molecule has 3 atom stereocenters. The average molecular weight is 481 g/mol. The van der Waals surface area contributed by atoms with E-state index in [1.54, 1.807) is 22.5 Å². The van der Waals surface area contributed by atoms with Crippen molar-refractivity contribution in [2.45, 2.75) is 65.0 Å². The van der Waals surface area contributed by atoms with E-state index >= 15 is 0 Å². The molecular formula is C27H32N2O4S. The molecule has 0 spiro atoms. The number of aliphatic hydroxyl groups is 1. The van der Waals surface area contributed by atoms with Crippen LogP contribution in [0.1, 0.15) is 55.2 Å². The Morgan fingerprint density at radius 2 is 1.97 bits per heavy atom. The van der Waals surface area contributed by atoms with Crippen molar-refractivity contribution < 1.29 is 19.1 Å². The SMILES string of the molecule is Cc1coc([C@H](C(=O)N2C[C@H](O)C[C@H]2C(=O)CCc2ccc(-c3scnc3C)cc2)C(C)C)c1. The van der Waals surface area contributed by atoms with E-state index in [4.69, 9.17) is 4.42 Å². The molecule has 34 heavy (non-hydrogen) atoms. The minimum atomic E-state index is -0.689. The molecule has 1 saturated heterocycles. The number of rotatable bonds is 8. The van der Waals surface area contributed by atoms with Gasteiger partial charge in [0.2, 0.25) is 5.91 Å². The number of amides is 1. The van der Waals surface area contributed by atoms with E-state index in [-0.39, 0.29) is 30.6 Å². The van der Waals surface area contributed by atoms with Crippen molar-refractivity contribution in [3.05, 3.63) is 64.7 Å². The normalized spacial score (nSPS) is 19.1. The highest BCUT2D eigenvalue weighted by atomic mass is 32.1. The van der Waals surface area contributed by atoms with Crippen molar-refractivity contribution in [2.75, 3.05) is 6.54 Å². The molecule has 0 saturated carbocycles. The molecule has 3 heterocycles. The molecule has 0 unspecified atom stereocenters. The van der Waals surface area contributed by atoms with Gasteiger partial charge in [-0.2, -0.15) is 0 Å². The summed E-state index contributed by atoms with van der Waals surface area (Å²) in [6.45, 7) is 8.05. The second-order valence-corrected chi connectivity index (χ2v) is 10.4. The van der Waals surface area contributed by atoms with Crippen LogP contribution in [0.5, 0.6) is 0 Å². The van der Waals surface area contributed by atoms with Crippen molar-refractivity contribution in [3.8, 4) is 10.4 Å². The monoisotopic (exact) mass is 480 g/mol. The number of thiazole rings is 1. The first-order chi connectivity index (χ1) is 16.2. The number of furan rings is 1. The summed E-state index contributed by atoms with van der Waals surface area (Å²) < 4.78 is 5.64. The first-order valence-electron chi connectivity index (χ1n) is 11.8. The number of nitrogens with zero attached hydrogens (tertiary/aromatic N) is 2. The van der Waals surface area contributed by atoms with Crippen molar-refractivity contribution in [1.82, 2.24) is 9.88 Å².